The first-order chi connectivity index (χ1) is 27.3. The van der Waals surface area contributed by atoms with Gasteiger partial charge < -0.3 is 13.9 Å². The van der Waals surface area contributed by atoms with Crippen molar-refractivity contribution in [3.05, 3.63) is 206 Å². The second-order valence-corrected chi connectivity index (χ2v) is 14.1. The molecule has 2 aromatic heterocycles. The highest BCUT2D eigenvalue weighted by Crippen LogP contribution is 2.45. The molecule has 55 heavy (non-hydrogen) atoms. The lowest BCUT2D eigenvalue weighted by Gasteiger charge is -2.27. The summed E-state index contributed by atoms with van der Waals surface area (Å²) >= 11 is 0. The highest BCUT2D eigenvalue weighted by Gasteiger charge is 2.21. The van der Waals surface area contributed by atoms with Crippen molar-refractivity contribution in [3.8, 4) is 27.9 Å². The first-order valence-electron chi connectivity index (χ1n) is 18.8. The van der Waals surface area contributed by atoms with Crippen LogP contribution in [0.5, 0.6) is 0 Å². The van der Waals surface area contributed by atoms with Gasteiger partial charge in [0.25, 0.3) is 0 Å². The van der Waals surface area contributed by atoms with Crippen molar-refractivity contribution in [2.24, 2.45) is 0 Å². The third kappa shape index (κ3) is 5.05. The number of anilines is 3. The van der Waals surface area contributed by atoms with Crippen LogP contribution in [0.2, 0.25) is 0 Å². The lowest BCUT2D eigenvalue weighted by Crippen LogP contribution is -2.11. The van der Waals surface area contributed by atoms with Crippen molar-refractivity contribution in [3.63, 3.8) is 0 Å². The van der Waals surface area contributed by atoms with Gasteiger partial charge in [-0.1, -0.05) is 146 Å². The van der Waals surface area contributed by atoms with Crippen LogP contribution < -0.4 is 4.90 Å². The summed E-state index contributed by atoms with van der Waals surface area (Å²) in [6.07, 6.45) is 0. The molecule has 0 radical (unpaired) electrons. The van der Waals surface area contributed by atoms with E-state index in [1.165, 1.54) is 54.8 Å². The van der Waals surface area contributed by atoms with Gasteiger partial charge in [0.1, 0.15) is 11.2 Å². The summed E-state index contributed by atoms with van der Waals surface area (Å²) in [5.74, 6) is 0. The number of rotatable bonds is 6. The van der Waals surface area contributed by atoms with Gasteiger partial charge in [0, 0.05) is 33.2 Å². The SMILES string of the molecule is c1ccc(-c2cccc3cccc(-c4ccc(N(c5cccc(-n6c7ccccc7c7ccccc76)c5)c5cccc6oc7ccccc7c56)cc4)c23)cc1. The van der Waals surface area contributed by atoms with Crippen LogP contribution in [0, 0.1) is 0 Å². The van der Waals surface area contributed by atoms with Gasteiger partial charge in [0.15, 0.2) is 0 Å². The Labute approximate surface area is 318 Å². The summed E-state index contributed by atoms with van der Waals surface area (Å²) in [6, 6.07) is 73.9. The summed E-state index contributed by atoms with van der Waals surface area (Å²) < 4.78 is 8.81. The molecule has 258 valence electrons. The fraction of sp³-hybridized carbons (Fsp3) is 0. The Hall–Kier alpha value is -7.36. The maximum absolute atomic E-state index is 6.43. The Balaban J connectivity index is 1.12. The predicted octanol–water partition coefficient (Wildman–Crippen LogP) is 14.6. The van der Waals surface area contributed by atoms with Gasteiger partial charge in [-0.25, -0.2) is 0 Å². The molecule has 11 rings (SSSR count). The molecule has 0 spiro atoms. The standard InChI is InChI=1S/C52H34N2O/c1-2-14-35(15-3-1)41-23-10-16-37-17-11-24-42(51(37)41)36-30-32-38(33-31-36)53(48-27-13-29-50-52(48)45-22-6-9-28-49(45)55-50)39-18-12-19-40(34-39)54-46-25-7-4-20-43(46)44-21-5-8-26-47(44)54/h1-34H. The molecular weight excluding hydrogens is 669 g/mol. The average Bonchev–Trinajstić information content (AvgIpc) is 3.81. The van der Waals surface area contributed by atoms with E-state index < -0.39 is 0 Å². The summed E-state index contributed by atoms with van der Waals surface area (Å²) in [6.45, 7) is 0. The van der Waals surface area contributed by atoms with Crippen LogP contribution in [0.25, 0.3) is 82.5 Å². The van der Waals surface area contributed by atoms with Crippen LogP contribution in [-0.4, -0.2) is 4.57 Å². The van der Waals surface area contributed by atoms with Crippen molar-refractivity contribution in [2.75, 3.05) is 4.90 Å². The monoisotopic (exact) mass is 702 g/mol. The number of aromatic nitrogens is 1. The minimum atomic E-state index is 0.864. The third-order valence-corrected chi connectivity index (χ3v) is 11.0. The van der Waals surface area contributed by atoms with Gasteiger partial charge in [-0.3, -0.25) is 0 Å². The van der Waals surface area contributed by atoms with E-state index in [9.17, 15) is 0 Å². The number of furan rings is 1. The Kier molecular flexibility index (Phi) is 7.17. The van der Waals surface area contributed by atoms with E-state index >= 15 is 0 Å². The lowest BCUT2D eigenvalue weighted by atomic mass is 9.91. The number of hydrogen-bond donors (Lipinski definition) is 0. The second kappa shape index (κ2) is 12.6. The maximum atomic E-state index is 6.43. The predicted molar refractivity (Wildman–Crippen MR) is 231 cm³/mol. The summed E-state index contributed by atoms with van der Waals surface area (Å²) in [5, 5.41) is 7.16. The molecule has 0 saturated carbocycles. The van der Waals surface area contributed by atoms with Crippen molar-refractivity contribution < 1.29 is 4.42 Å². The fourth-order valence-electron chi connectivity index (χ4n) is 8.57. The van der Waals surface area contributed by atoms with Gasteiger partial charge in [-0.15, -0.1) is 0 Å². The number of benzene rings is 9. The largest absolute Gasteiger partial charge is 0.456 e. The quantitative estimate of drug-likeness (QED) is 0.172. The van der Waals surface area contributed by atoms with Gasteiger partial charge in [-0.05, 0) is 93.7 Å². The molecule has 3 heteroatoms. The second-order valence-electron chi connectivity index (χ2n) is 14.1. The summed E-state index contributed by atoms with van der Waals surface area (Å²) in [5.41, 5.74) is 13.2. The molecule has 0 bridgehead atoms. The van der Waals surface area contributed by atoms with Crippen molar-refractivity contribution >= 4 is 71.6 Å². The van der Waals surface area contributed by atoms with E-state index in [1.54, 1.807) is 0 Å². The van der Waals surface area contributed by atoms with E-state index in [0.29, 0.717) is 0 Å². The third-order valence-electron chi connectivity index (χ3n) is 11.0. The van der Waals surface area contributed by atoms with Crippen molar-refractivity contribution in [1.29, 1.82) is 0 Å². The van der Waals surface area contributed by atoms with Crippen molar-refractivity contribution in [1.82, 2.24) is 4.57 Å². The van der Waals surface area contributed by atoms with E-state index in [2.05, 4.69) is 210 Å². The number of hydrogen-bond acceptors (Lipinski definition) is 2. The van der Waals surface area contributed by atoms with Gasteiger partial charge >= 0.3 is 0 Å². The Morgan fingerprint density at radius 2 is 0.964 bits per heavy atom. The molecule has 0 amide bonds. The lowest BCUT2D eigenvalue weighted by molar-refractivity contribution is 0.669. The molecule has 0 aliphatic heterocycles. The van der Waals surface area contributed by atoms with Crippen molar-refractivity contribution in [2.45, 2.75) is 0 Å². The zero-order chi connectivity index (χ0) is 36.3. The van der Waals surface area contributed by atoms with E-state index in [1.807, 2.05) is 6.07 Å². The first kappa shape index (κ1) is 31.2. The minimum Gasteiger partial charge on any atom is -0.456 e. The number of nitrogens with zero attached hydrogens (tertiary/aromatic N) is 2. The molecule has 2 heterocycles. The molecule has 0 aliphatic carbocycles. The fourth-order valence-corrected chi connectivity index (χ4v) is 8.57. The molecule has 3 nitrogen and oxygen atoms in total. The molecule has 0 unspecified atom stereocenters. The molecule has 0 saturated heterocycles. The topological polar surface area (TPSA) is 21.3 Å². The average molecular weight is 703 g/mol. The first-order valence-corrected chi connectivity index (χ1v) is 18.8. The van der Waals surface area contributed by atoms with Crippen LogP contribution >= 0.6 is 0 Å². The molecule has 9 aromatic carbocycles. The van der Waals surface area contributed by atoms with Gasteiger partial charge in [0.2, 0.25) is 0 Å². The highest BCUT2D eigenvalue weighted by molar-refractivity contribution is 6.14. The van der Waals surface area contributed by atoms with Crippen LogP contribution in [0.4, 0.5) is 17.1 Å². The van der Waals surface area contributed by atoms with Crippen LogP contribution in [-0.2, 0) is 0 Å². The molecule has 0 N–H and O–H groups in total. The van der Waals surface area contributed by atoms with Gasteiger partial charge in [-0.2, -0.15) is 0 Å². The Morgan fingerprint density at radius 1 is 0.382 bits per heavy atom. The molecule has 0 aliphatic rings. The smallest absolute Gasteiger partial charge is 0.137 e. The number of fused-ring (bicyclic) bond motifs is 7. The maximum Gasteiger partial charge on any atom is 0.137 e. The molecular formula is C52H34N2O. The number of para-hydroxylation sites is 3. The zero-order valence-corrected chi connectivity index (χ0v) is 29.9. The van der Waals surface area contributed by atoms with E-state index in [-0.39, 0.29) is 0 Å². The molecule has 0 atom stereocenters. The van der Waals surface area contributed by atoms with Crippen LogP contribution in [0.1, 0.15) is 0 Å². The van der Waals surface area contributed by atoms with E-state index in [4.69, 9.17) is 4.42 Å². The summed E-state index contributed by atoms with van der Waals surface area (Å²) in [7, 11) is 0. The highest BCUT2D eigenvalue weighted by atomic mass is 16.3. The minimum absolute atomic E-state index is 0.864. The summed E-state index contributed by atoms with van der Waals surface area (Å²) in [4.78, 5) is 2.38. The molecule has 11 aromatic rings. The Morgan fingerprint density at radius 3 is 1.69 bits per heavy atom. The van der Waals surface area contributed by atoms with E-state index in [0.717, 1.165) is 44.7 Å². The zero-order valence-electron chi connectivity index (χ0n) is 29.9. The Bertz CT molecular complexity index is 3150. The van der Waals surface area contributed by atoms with Crippen LogP contribution in [0.3, 0.4) is 0 Å². The normalized spacial score (nSPS) is 11.6. The molecule has 0 fully saturated rings. The van der Waals surface area contributed by atoms with Gasteiger partial charge in [0.05, 0.1) is 22.1 Å². The van der Waals surface area contributed by atoms with Crippen LogP contribution in [0.15, 0.2) is 211 Å².